The van der Waals surface area contributed by atoms with Crippen LogP contribution in [0.4, 0.5) is 0 Å². The van der Waals surface area contributed by atoms with Crippen molar-refractivity contribution in [3.63, 3.8) is 0 Å². The van der Waals surface area contributed by atoms with Gasteiger partial charge in [0.15, 0.2) is 0 Å². The Bertz CT molecular complexity index is 1330. The predicted molar refractivity (Wildman–Crippen MR) is 282 cm³/mol. The highest BCUT2D eigenvalue weighted by Crippen LogP contribution is 2.17. The molecule has 0 aromatic rings. The van der Waals surface area contributed by atoms with Crippen molar-refractivity contribution in [2.75, 3.05) is 6.61 Å². The second kappa shape index (κ2) is 51.5. The second-order valence-electron chi connectivity index (χ2n) is 17.6. The maximum Gasteiger partial charge on any atom is 0.306 e. The molecule has 3 N–H and O–H groups in total. The Morgan fingerprint density at radius 3 is 1.45 bits per heavy atom. The van der Waals surface area contributed by atoms with Gasteiger partial charge in [0.25, 0.3) is 0 Å². The molecule has 0 aromatic carbocycles. The van der Waals surface area contributed by atoms with Crippen LogP contribution in [-0.2, 0) is 14.3 Å². The number of aliphatic hydroxyl groups excluding tert-OH is 2. The van der Waals surface area contributed by atoms with E-state index in [4.69, 9.17) is 4.74 Å². The van der Waals surface area contributed by atoms with Crippen LogP contribution in [0.3, 0.4) is 0 Å². The van der Waals surface area contributed by atoms with Crippen molar-refractivity contribution in [2.24, 2.45) is 0 Å². The SMILES string of the molecule is CC/C=C\C/C=C\C/C=C\C/C=C\C/C=C\CCCCCC(=O)OC(CCCCC\C=C/C=C/C=C/C=C/CC)CC(=O)NC(CO)C(O)CCCCCCCCCCCCCCCC. The lowest BCUT2D eigenvalue weighted by molar-refractivity contribution is -0.151. The number of carbonyl (C=O) groups excluding carboxylic acids is 2. The third-order valence-corrected chi connectivity index (χ3v) is 11.4. The van der Waals surface area contributed by atoms with Gasteiger partial charge in [0, 0.05) is 6.42 Å². The first-order chi connectivity index (χ1) is 32.0. The van der Waals surface area contributed by atoms with Crippen molar-refractivity contribution in [1.29, 1.82) is 0 Å². The van der Waals surface area contributed by atoms with Gasteiger partial charge in [-0.25, -0.2) is 0 Å². The van der Waals surface area contributed by atoms with Crippen molar-refractivity contribution >= 4 is 11.9 Å². The van der Waals surface area contributed by atoms with E-state index in [0.717, 1.165) is 109 Å². The van der Waals surface area contributed by atoms with Crippen LogP contribution in [0.25, 0.3) is 0 Å². The van der Waals surface area contributed by atoms with Gasteiger partial charge in [-0.15, -0.1) is 0 Å². The summed E-state index contributed by atoms with van der Waals surface area (Å²) in [6, 6.07) is -0.729. The largest absolute Gasteiger partial charge is 0.462 e. The standard InChI is InChI=1S/C59H99NO5/c1-4-7-10-13-16-19-22-25-27-28-29-30-31-34-37-40-43-46-49-52-59(64)65-55(50-47-44-41-38-35-32-24-21-18-15-12-9-6-3)53-58(63)60-56(54-61)57(62)51-48-45-42-39-36-33-26-23-20-17-14-11-8-5-2/h7,9-10,12,15-16,18-19,21,24-25,27,29-30,32,34-35,37,55-57,61-62H,4-6,8,11,13-14,17,20,22-23,26,28,31,33,36,38-54H2,1-3H3,(H,60,63)/b10-7-,12-9+,18-15+,19-16-,24-21+,27-25-,30-29-,35-32-,37-34-. The van der Waals surface area contributed by atoms with Crippen molar-refractivity contribution < 1.29 is 24.5 Å². The van der Waals surface area contributed by atoms with Crippen LogP contribution in [0.2, 0.25) is 0 Å². The second-order valence-corrected chi connectivity index (χ2v) is 17.6. The molecule has 1 amide bonds. The molecule has 0 saturated heterocycles. The molecule has 0 aromatic heterocycles. The van der Waals surface area contributed by atoms with Gasteiger partial charge in [-0.2, -0.15) is 0 Å². The fourth-order valence-corrected chi connectivity index (χ4v) is 7.47. The highest BCUT2D eigenvalue weighted by atomic mass is 16.5. The Morgan fingerprint density at radius 2 is 0.908 bits per heavy atom. The fourth-order valence-electron chi connectivity index (χ4n) is 7.47. The molecule has 65 heavy (non-hydrogen) atoms. The molecule has 0 radical (unpaired) electrons. The third kappa shape index (κ3) is 46.8. The Morgan fingerprint density at radius 1 is 0.477 bits per heavy atom. The summed E-state index contributed by atoms with van der Waals surface area (Å²) < 4.78 is 5.91. The van der Waals surface area contributed by atoms with Crippen LogP contribution in [0, 0.1) is 0 Å². The highest BCUT2D eigenvalue weighted by molar-refractivity contribution is 5.77. The lowest BCUT2D eigenvalue weighted by Gasteiger charge is -2.24. The molecule has 0 rings (SSSR count). The normalized spacial score (nSPS) is 14.1. The summed E-state index contributed by atoms with van der Waals surface area (Å²) in [4.78, 5) is 26.2. The van der Waals surface area contributed by atoms with E-state index in [1.807, 2.05) is 30.4 Å². The minimum Gasteiger partial charge on any atom is -0.462 e. The average Bonchev–Trinajstić information content (AvgIpc) is 3.30. The first-order valence-electron chi connectivity index (χ1n) is 26.7. The Balaban J connectivity index is 4.68. The van der Waals surface area contributed by atoms with E-state index in [1.165, 1.54) is 70.6 Å². The van der Waals surface area contributed by atoms with Crippen LogP contribution in [0.1, 0.15) is 226 Å². The van der Waals surface area contributed by atoms with E-state index in [0.29, 0.717) is 19.3 Å². The Labute approximate surface area is 400 Å². The maximum atomic E-state index is 13.2. The molecule has 0 aliphatic rings. The number of rotatable bonds is 46. The molecule has 0 heterocycles. The van der Waals surface area contributed by atoms with Crippen molar-refractivity contribution in [3.05, 3.63) is 109 Å². The minimum atomic E-state index is -0.811. The number of esters is 1. The molecule has 0 bridgehead atoms. The molecular formula is C59H99NO5. The van der Waals surface area contributed by atoms with Gasteiger partial charge in [-0.05, 0) is 89.9 Å². The van der Waals surface area contributed by atoms with E-state index < -0.39 is 18.2 Å². The number of carbonyl (C=O) groups is 2. The molecular weight excluding hydrogens is 803 g/mol. The highest BCUT2D eigenvalue weighted by Gasteiger charge is 2.24. The molecule has 0 saturated carbocycles. The fraction of sp³-hybridized carbons (Fsp3) is 0.661. The quantitative estimate of drug-likeness (QED) is 0.0245. The molecule has 370 valence electrons. The number of unbranched alkanes of at least 4 members (excludes halogenated alkanes) is 19. The number of ether oxygens (including phenoxy) is 1. The molecule has 3 atom stereocenters. The Kier molecular flexibility index (Phi) is 48.7. The number of hydrogen-bond acceptors (Lipinski definition) is 5. The number of nitrogens with one attached hydrogen (secondary N) is 1. The molecule has 3 unspecified atom stereocenters. The molecule has 0 aliphatic carbocycles. The smallest absolute Gasteiger partial charge is 0.306 e. The van der Waals surface area contributed by atoms with Gasteiger partial charge in [0.1, 0.15) is 6.10 Å². The van der Waals surface area contributed by atoms with Crippen LogP contribution in [0.15, 0.2) is 109 Å². The zero-order valence-corrected chi connectivity index (χ0v) is 42.1. The molecule has 6 heteroatoms. The summed E-state index contributed by atoms with van der Waals surface area (Å²) in [7, 11) is 0. The summed E-state index contributed by atoms with van der Waals surface area (Å²) in [6.07, 6.45) is 70.0. The van der Waals surface area contributed by atoms with E-state index in [1.54, 1.807) is 0 Å². The first-order valence-corrected chi connectivity index (χ1v) is 26.7. The topological polar surface area (TPSA) is 95.9 Å². The summed E-state index contributed by atoms with van der Waals surface area (Å²) in [6.45, 7) is 6.21. The van der Waals surface area contributed by atoms with Gasteiger partial charge in [0.2, 0.25) is 5.91 Å². The molecule has 0 aliphatic heterocycles. The van der Waals surface area contributed by atoms with E-state index in [-0.39, 0.29) is 24.9 Å². The average molecular weight is 902 g/mol. The first kappa shape index (κ1) is 61.5. The summed E-state index contributed by atoms with van der Waals surface area (Å²) >= 11 is 0. The maximum absolute atomic E-state index is 13.2. The van der Waals surface area contributed by atoms with Crippen molar-refractivity contribution in [2.45, 2.75) is 244 Å². The number of allylic oxidation sites excluding steroid dienone is 18. The summed E-state index contributed by atoms with van der Waals surface area (Å²) in [5.41, 5.74) is 0. The van der Waals surface area contributed by atoms with Gasteiger partial charge in [0.05, 0.1) is 25.2 Å². The predicted octanol–water partition coefficient (Wildman–Crippen LogP) is 16.3. The van der Waals surface area contributed by atoms with Gasteiger partial charge < -0.3 is 20.3 Å². The van der Waals surface area contributed by atoms with E-state index >= 15 is 0 Å². The zero-order chi connectivity index (χ0) is 47.4. The van der Waals surface area contributed by atoms with Gasteiger partial charge >= 0.3 is 5.97 Å². The van der Waals surface area contributed by atoms with Crippen LogP contribution in [-0.4, -0.2) is 46.9 Å². The zero-order valence-electron chi connectivity index (χ0n) is 42.1. The van der Waals surface area contributed by atoms with Crippen LogP contribution >= 0.6 is 0 Å². The molecule has 0 spiro atoms. The van der Waals surface area contributed by atoms with E-state index in [9.17, 15) is 19.8 Å². The minimum absolute atomic E-state index is 0.0313. The Hall–Kier alpha value is -3.48. The number of aliphatic hydroxyl groups is 2. The molecule has 0 fully saturated rings. The third-order valence-electron chi connectivity index (χ3n) is 11.4. The monoisotopic (exact) mass is 902 g/mol. The number of hydrogen-bond donors (Lipinski definition) is 3. The summed E-state index contributed by atoms with van der Waals surface area (Å²) in [5.74, 6) is -0.559. The van der Waals surface area contributed by atoms with Gasteiger partial charge in [-0.3, -0.25) is 9.59 Å². The lowest BCUT2D eigenvalue weighted by atomic mass is 10.0. The number of amides is 1. The van der Waals surface area contributed by atoms with Crippen molar-refractivity contribution in [3.8, 4) is 0 Å². The molecule has 6 nitrogen and oxygen atoms in total. The lowest BCUT2D eigenvalue weighted by Crippen LogP contribution is -2.46. The summed E-state index contributed by atoms with van der Waals surface area (Å²) in [5, 5.41) is 23.8. The van der Waals surface area contributed by atoms with Crippen LogP contribution < -0.4 is 5.32 Å². The van der Waals surface area contributed by atoms with E-state index in [2.05, 4.69) is 105 Å². The van der Waals surface area contributed by atoms with Crippen LogP contribution in [0.5, 0.6) is 0 Å². The van der Waals surface area contributed by atoms with Crippen molar-refractivity contribution in [1.82, 2.24) is 5.32 Å². The van der Waals surface area contributed by atoms with Gasteiger partial charge in [-0.1, -0.05) is 233 Å².